The fourth-order valence-electron chi connectivity index (χ4n) is 2.82. The molecule has 0 radical (unpaired) electrons. The molecular weight excluding hydrogens is 362 g/mol. The van der Waals surface area contributed by atoms with Crippen LogP contribution in [0.25, 0.3) is 5.69 Å². The highest BCUT2D eigenvalue weighted by atomic mass is 35.5. The van der Waals surface area contributed by atoms with Crippen LogP contribution in [0.2, 0.25) is 5.02 Å². The molecule has 8 heteroatoms. The Hall–Kier alpha value is -1.86. The molecule has 1 aliphatic heterocycles. The standard InChI is InChI=1S/C17H20ClN3O3S/c1-17(2,3)8-15(22)19-16-13-9-25(23,24)10-14(13)20-21(16)12-6-4-5-11(18)7-12/h4-7H,8-10H2,1-3H3,(H,19,22). The minimum atomic E-state index is -3.22. The molecule has 1 amide bonds. The molecule has 0 saturated carbocycles. The molecule has 134 valence electrons. The van der Waals surface area contributed by atoms with E-state index in [0.717, 1.165) is 0 Å². The number of sulfone groups is 1. The third-order valence-electron chi connectivity index (χ3n) is 3.79. The van der Waals surface area contributed by atoms with Crippen molar-refractivity contribution in [3.63, 3.8) is 0 Å². The number of hydrogen-bond acceptors (Lipinski definition) is 4. The van der Waals surface area contributed by atoms with Crippen LogP contribution in [0.3, 0.4) is 0 Å². The molecule has 1 aromatic heterocycles. The fourth-order valence-corrected chi connectivity index (χ4v) is 4.50. The molecular formula is C17H20ClN3O3S. The number of fused-ring (bicyclic) bond motifs is 1. The van der Waals surface area contributed by atoms with Gasteiger partial charge in [0.1, 0.15) is 5.82 Å². The van der Waals surface area contributed by atoms with E-state index >= 15 is 0 Å². The second kappa shape index (κ2) is 6.14. The Labute approximate surface area is 152 Å². The Kier molecular flexibility index (Phi) is 4.41. The number of benzene rings is 1. The molecule has 0 bridgehead atoms. The van der Waals surface area contributed by atoms with Crippen LogP contribution in [-0.2, 0) is 26.1 Å². The van der Waals surface area contributed by atoms with Gasteiger partial charge in [0.2, 0.25) is 5.91 Å². The summed E-state index contributed by atoms with van der Waals surface area (Å²) in [7, 11) is -3.22. The average Bonchev–Trinajstić information content (AvgIpc) is 2.90. The van der Waals surface area contributed by atoms with Crippen molar-refractivity contribution in [2.75, 3.05) is 5.32 Å². The number of amides is 1. The lowest BCUT2D eigenvalue weighted by Gasteiger charge is -2.18. The molecule has 0 unspecified atom stereocenters. The zero-order chi connectivity index (χ0) is 18.4. The second-order valence-corrected chi connectivity index (χ2v) is 9.98. The van der Waals surface area contributed by atoms with E-state index in [4.69, 9.17) is 11.6 Å². The molecule has 0 atom stereocenters. The van der Waals surface area contributed by atoms with Gasteiger partial charge in [-0.2, -0.15) is 5.10 Å². The average molecular weight is 382 g/mol. The first-order chi connectivity index (χ1) is 11.5. The highest BCUT2D eigenvalue weighted by Crippen LogP contribution is 2.33. The van der Waals surface area contributed by atoms with Gasteiger partial charge < -0.3 is 5.32 Å². The third kappa shape index (κ3) is 4.04. The minimum absolute atomic E-state index is 0.113. The maximum Gasteiger partial charge on any atom is 0.226 e. The zero-order valence-electron chi connectivity index (χ0n) is 14.3. The summed E-state index contributed by atoms with van der Waals surface area (Å²) >= 11 is 6.06. The molecule has 1 aromatic carbocycles. The van der Waals surface area contributed by atoms with Gasteiger partial charge in [-0.1, -0.05) is 38.4 Å². The molecule has 2 heterocycles. The fraction of sp³-hybridized carbons (Fsp3) is 0.412. The van der Waals surface area contributed by atoms with Crippen LogP contribution in [0.5, 0.6) is 0 Å². The summed E-state index contributed by atoms with van der Waals surface area (Å²) in [6.07, 6.45) is 0.315. The van der Waals surface area contributed by atoms with Gasteiger partial charge >= 0.3 is 0 Å². The first kappa shape index (κ1) is 17.9. The van der Waals surface area contributed by atoms with Crippen LogP contribution in [-0.4, -0.2) is 24.1 Å². The van der Waals surface area contributed by atoms with E-state index in [2.05, 4.69) is 10.4 Å². The van der Waals surface area contributed by atoms with Crippen LogP contribution < -0.4 is 5.32 Å². The van der Waals surface area contributed by atoms with Crippen LogP contribution in [0.1, 0.15) is 38.4 Å². The summed E-state index contributed by atoms with van der Waals surface area (Å²) in [4.78, 5) is 12.4. The maximum atomic E-state index is 12.4. The van der Waals surface area contributed by atoms with Crippen molar-refractivity contribution in [3.8, 4) is 5.69 Å². The first-order valence-electron chi connectivity index (χ1n) is 7.91. The molecule has 0 aliphatic carbocycles. The Morgan fingerprint density at radius 3 is 2.68 bits per heavy atom. The lowest BCUT2D eigenvalue weighted by Crippen LogP contribution is -2.22. The van der Waals surface area contributed by atoms with Crippen LogP contribution >= 0.6 is 11.6 Å². The summed E-state index contributed by atoms with van der Waals surface area (Å²) in [5.74, 6) is 0.00173. The van der Waals surface area contributed by atoms with E-state index in [1.54, 1.807) is 22.9 Å². The number of carbonyl (C=O) groups excluding carboxylic acids is 1. The Bertz CT molecular complexity index is 943. The van der Waals surface area contributed by atoms with Crippen LogP contribution in [0, 0.1) is 5.41 Å². The second-order valence-electron chi connectivity index (χ2n) is 7.48. The Morgan fingerprint density at radius 1 is 1.32 bits per heavy atom. The van der Waals surface area contributed by atoms with Gasteiger partial charge in [-0.05, 0) is 23.6 Å². The van der Waals surface area contributed by atoms with Crippen molar-refractivity contribution in [2.45, 2.75) is 38.7 Å². The minimum Gasteiger partial charge on any atom is -0.310 e. The van der Waals surface area contributed by atoms with E-state index in [1.165, 1.54) is 0 Å². The molecule has 25 heavy (non-hydrogen) atoms. The van der Waals surface area contributed by atoms with E-state index in [9.17, 15) is 13.2 Å². The SMILES string of the molecule is CC(C)(C)CC(=O)Nc1c2c(nn1-c1cccc(Cl)c1)CS(=O)(=O)C2. The highest BCUT2D eigenvalue weighted by molar-refractivity contribution is 7.90. The van der Waals surface area contributed by atoms with Crippen LogP contribution in [0.4, 0.5) is 5.82 Å². The van der Waals surface area contributed by atoms with Gasteiger partial charge in [-0.3, -0.25) is 4.79 Å². The predicted octanol–water partition coefficient (Wildman–Crippen LogP) is 3.33. The number of rotatable bonds is 3. The van der Waals surface area contributed by atoms with Crippen molar-refractivity contribution in [1.29, 1.82) is 0 Å². The topological polar surface area (TPSA) is 81.1 Å². The first-order valence-corrected chi connectivity index (χ1v) is 10.1. The third-order valence-corrected chi connectivity index (χ3v) is 5.47. The molecule has 1 aliphatic rings. The summed E-state index contributed by atoms with van der Waals surface area (Å²) in [6, 6.07) is 7.05. The number of halogens is 1. The lowest BCUT2D eigenvalue weighted by molar-refractivity contribution is -0.117. The Morgan fingerprint density at radius 2 is 2.04 bits per heavy atom. The smallest absolute Gasteiger partial charge is 0.226 e. The number of nitrogens with zero attached hydrogens (tertiary/aromatic N) is 2. The quantitative estimate of drug-likeness (QED) is 0.884. The Balaban J connectivity index is 2.04. The van der Waals surface area contributed by atoms with Crippen molar-refractivity contribution in [3.05, 3.63) is 40.5 Å². The number of carbonyl (C=O) groups is 1. The summed E-state index contributed by atoms with van der Waals surface area (Å²) < 4.78 is 25.4. The maximum absolute atomic E-state index is 12.4. The number of nitrogens with one attached hydrogen (secondary N) is 1. The van der Waals surface area contributed by atoms with E-state index < -0.39 is 9.84 Å². The largest absolute Gasteiger partial charge is 0.310 e. The monoisotopic (exact) mass is 381 g/mol. The molecule has 2 aromatic rings. The van der Waals surface area contributed by atoms with E-state index in [-0.39, 0.29) is 22.8 Å². The van der Waals surface area contributed by atoms with Gasteiger partial charge in [0.25, 0.3) is 0 Å². The number of anilines is 1. The molecule has 3 rings (SSSR count). The zero-order valence-corrected chi connectivity index (χ0v) is 15.9. The molecule has 0 saturated heterocycles. The predicted molar refractivity (Wildman–Crippen MR) is 97.6 cm³/mol. The van der Waals surface area contributed by atoms with Crippen molar-refractivity contribution in [1.82, 2.24) is 9.78 Å². The number of aromatic nitrogens is 2. The van der Waals surface area contributed by atoms with Gasteiger partial charge in [-0.25, -0.2) is 13.1 Å². The summed E-state index contributed by atoms with van der Waals surface area (Å²) in [5, 5.41) is 7.80. The van der Waals surface area contributed by atoms with Gasteiger partial charge in [0, 0.05) is 17.0 Å². The summed E-state index contributed by atoms with van der Waals surface area (Å²) in [6.45, 7) is 5.90. The lowest BCUT2D eigenvalue weighted by atomic mass is 9.92. The van der Waals surface area contributed by atoms with Crippen molar-refractivity contribution >= 4 is 33.2 Å². The van der Waals surface area contributed by atoms with E-state index in [1.807, 2.05) is 26.8 Å². The summed E-state index contributed by atoms with van der Waals surface area (Å²) in [5.41, 5.74) is 1.53. The molecule has 6 nitrogen and oxygen atoms in total. The van der Waals surface area contributed by atoms with Gasteiger partial charge in [-0.15, -0.1) is 0 Å². The highest BCUT2D eigenvalue weighted by Gasteiger charge is 2.33. The van der Waals surface area contributed by atoms with Gasteiger partial charge in [0.15, 0.2) is 9.84 Å². The van der Waals surface area contributed by atoms with Crippen molar-refractivity contribution in [2.24, 2.45) is 5.41 Å². The van der Waals surface area contributed by atoms with Gasteiger partial charge in [0.05, 0.1) is 22.9 Å². The molecule has 0 spiro atoms. The normalized spacial score (nSPS) is 15.8. The van der Waals surface area contributed by atoms with Crippen LogP contribution in [0.15, 0.2) is 24.3 Å². The molecule has 0 fully saturated rings. The number of hydrogen-bond donors (Lipinski definition) is 1. The van der Waals surface area contributed by atoms with E-state index in [0.29, 0.717) is 34.2 Å². The van der Waals surface area contributed by atoms with Crippen molar-refractivity contribution < 1.29 is 13.2 Å². The molecule has 1 N–H and O–H groups in total.